The van der Waals surface area contributed by atoms with Crippen LogP contribution in [0, 0.1) is 0 Å². The van der Waals surface area contributed by atoms with Crippen molar-refractivity contribution in [3.63, 3.8) is 0 Å². The lowest BCUT2D eigenvalue weighted by molar-refractivity contribution is -0.218. The number of Topliss-reactive ketones (excluding diaryl/α,β-unsaturated/α-hetero) is 1. The highest BCUT2D eigenvalue weighted by Gasteiger charge is 2.44. The summed E-state index contributed by atoms with van der Waals surface area (Å²) in [6.45, 7) is 0.976. The molecule has 0 aliphatic carbocycles. The molecule has 0 aliphatic heterocycles. The summed E-state index contributed by atoms with van der Waals surface area (Å²) in [6, 6.07) is 8.22. The molecule has 0 unspecified atom stereocenters. The average Bonchev–Trinajstić information content (AvgIpc) is 2.26. The highest BCUT2D eigenvalue weighted by Crippen LogP contribution is 2.21. The molecular weight excluding hydrogens is 216 g/mol. The molecule has 1 rings (SSSR count). The molecule has 5 heteroatoms. The molecule has 0 saturated heterocycles. The second-order valence-electron chi connectivity index (χ2n) is 3.49. The molecule has 0 amide bonds. The maximum atomic E-state index is 12.7. The average molecular weight is 227 g/mol. The molecule has 0 N–H and O–H groups in total. The number of hydrogen-bond donors (Lipinski definition) is 0. The second kappa shape index (κ2) is 4.94. The molecule has 0 heterocycles. The van der Waals surface area contributed by atoms with E-state index in [0.29, 0.717) is 5.56 Å². The van der Waals surface area contributed by atoms with Gasteiger partial charge in [-0.1, -0.05) is 39.3 Å². The Balaban J connectivity index is 3.04. The lowest BCUT2D eigenvalue weighted by Gasteiger charge is -2.24. The lowest BCUT2D eigenvalue weighted by atomic mass is 9.89. The van der Waals surface area contributed by atoms with Crippen LogP contribution in [-0.2, 0) is 16.0 Å². The van der Waals surface area contributed by atoms with Crippen LogP contribution < -0.4 is 0 Å². The molecule has 86 valence electrons. The van der Waals surface area contributed by atoms with Crippen molar-refractivity contribution in [3.05, 3.63) is 35.9 Å². The summed E-state index contributed by atoms with van der Waals surface area (Å²) in [4.78, 5) is 22.0. The summed E-state index contributed by atoms with van der Waals surface area (Å²) >= 11 is 0. The second-order valence-corrected chi connectivity index (χ2v) is 3.49. The Morgan fingerprint density at radius 2 is 1.94 bits per heavy atom. The zero-order chi connectivity index (χ0) is 12.2. The van der Waals surface area contributed by atoms with Crippen molar-refractivity contribution in [1.29, 1.82) is 0 Å². The maximum Gasteiger partial charge on any atom is 0.200 e. The smallest absolute Gasteiger partial charge is 0.200 e. The van der Waals surface area contributed by atoms with Gasteiger partial charge in [0.1, 0.15) is 0 Å². The van der Waals surface area contributed by atoms with Crippen LogP contribution in [0.4, 0.5) is 8.96 Å². The summed E-state index contributed by atoms with van der Waals surface area (Å²) in [5, 5.41) is -1.32. The molecule has 1 aromatic carbocycles. The first kappa shape index (κ1) is 12.4. The molecular formula is C11H11F2NO2. The largest absolute Gasteiger partial charge is 0.301 e. The van der Waals surface area contributed by atoms with Crippen LogP contribution in [0.3, 0.4) is 0 Å². The Hall–Kier alpha value is -1.62. The van der Waals surface area contributed by atoms with Crippen LogP contribution in [0.5, 0.6) is 0 Å². The highest BCUT2D eigenvalue weighted by atomic mass is 19.4. The van der Waals surface area contributed by atoms with E-state index in [0.717, 1.165) is 6.92 Å². The standard InChI is InChI=1S/C11H11F2NO2/c1-9(16)11(8-15,14(12)13)7-10-5-3-2-4-6-10/h2-6,8H,7H2,1H3/t11-/m0/s1. The van der Waals surface area contributed by atoms with E-state index in [1.807, 2.05) is 0 Å². The lowest BCUT2D eigenvalue weighted by Crippen LogP contribution is -2.50. The van der Waals surface area contributed by atoms with E-state index < -0.39 is 16.7 Å². The number of nitrogens with zero attached hydrogens (tertiary/aromatic N) is 1. The van der Waals surface area contributed by atoms with E-state index in [-0.39, 0.29) is 12.7 Å². The van der Waals surface area contributed by atoms with Crippen LogP contribution in [-0.4, -0.2) is 23.0 Å². The molecule has 1 atom stereocenters. The van der Waals surface area contributed by atoms with E-state index in [1.54, 1.807) is 30.3 Å². The molecule has 0 aliphatic rings. The molecule has 1 aromatic rings. The predicted octanol–water partition coefficient (Wildman–Crippen LogP) is 1.83. The van der Waals surface area contributed by atoms with Crippen LogP contribution in [0.1, 0.15) is 12.5 Å². The fourth-order valence-electron chi connectivity index (χ4n) is 1.37. The van der Waals surface area contributed by atoms with Crippen molar-refractivity contribution in [2.45, 2.75) is 18.9 Å². The fourth-order valence-corrected chi connectivity index (χ4v) is 1.37. The molecule has 0 spiro atoms. The number of benzene rings is 1. The van der Waals surface area contributed by atoms with Gasteiger partial charge in [-0.25, -0.2) is 0 Å². The third-order valence-electron chi connectivity index (χ3n) is 2.42. The molecule has 0 saturated carbocycles. The van der Waals surface area contributed by atoms with E-state index in [1.165, 1.54) is 0 Å². The monoisotopic (exact) mass is 227 g/mol. The highest BCUT2D eigenvalue weighted by molar-refractivity contribution is 6.01. The number of rotatable bonds is 5. The predicted molar refractivity (Wildman–Crippen MR) is 53.7 cm³/mol. The van der Waals surface area contributed by atoms with Gasteiger partial charge in [-0.2, -0.15) is 0 Å². The van der Waals surface area contributed by atoms with Crippen molar-refractivity contribution in [2.75, 3.05) is 0 Å². The van der Waals surface area contributed by atoms with Gasteiger partial charge in [0.05, 0.1) is 0 Å². The van der Waals surface area contributed by atoms with Crippen molar-refractivity contribution in [1.82, 2.24) is 5.34 Å². The van der Waals surface area contributed by atoms with Gasteiger partial charge in [0.25, 0.3) is 0 Å². The van der Waals surface area contributed by atoms with Gasteiger partial charge in [-0.15, -0.1) is 0 Å². The van der Waals surface area contributed by atoms with Gasteiger partial charge in [0.15, 0.2) is 17.6 Å². The topological polar surface area (TPSA) is 37.4 Å². The number of ketones is 1. The SMILES string of the molecule is CC(=O)[C@@](C=O)(Cc1ccccc1)N(F)F. The maximum absolute atomic E-state index is 12.7. The summed E-state index contributed by atoms with van der Waals surface area (Å²) in [5.74, 6) is -0.878. The van der Waals surface area contributed by atoms with Crippen LogP contribution >= 0.6 is 0 Å². The zero-order valence-corrected chi connectivity index (χ0v) is 8.69. The van der Waals surface area contributed by atoms with E-state index in [4.69, 9.17) is 0 Å². The fraction of sp³-hybridized carbons (Fsp3) is 0.273. The molecule has 0 aromatic heterocycles. The molecule has 16 heavy (non-hydrogen) atoms. The van der Waals surface area contributed by atoms with Gasteiger partial charge in [-0.3, -0.25) is 4.79 Å². The van der Waals surface area contributed by atoms with E-state index in [2.05, 4.69) is 0 Å². The van der Waals surface area contributed by atoms with Crippen molar-refractivity contribution < 1.29 is 18.6 Å². The Labute approximate surface area is 91.5 Å². The Kier molecular flexibility index (Phi) is 3.84. The third-order valence-corrected chi connectivity index (χ3v) is 2.42. The number of halogens is 2. The summed E-state index contributed by atoms with van der Waals surface area (Å²) in [7, 11) is 0. The Morgan fingerprint density at radius 1 is 1.38 bits per heavy atom. The van der Waals surface area contributed by atoms with Gasteiger partial charge >= 0.3 is 0 Å². The first-order valence-electron chi connectivity index (χ1n) is 4.66. The first-order valence-corrected chi connectivity index (χ1v) is 4.66. The summed E-state index contributed by atoms with van der Waals surface area (Å²) in [5.41, 5.74) is -1.87. The number of hydrogen-bond acceptors (Lipinski definition) is 3. The van der Waals surface area contributed by atoms with Gasteiger partial charge in [0.2, 0.25) is 0 Å². The number of aldehydes is 1. The third kappa shape index (κ3) is 2.30. The van der Waals surface area contributed by atoms with Crippen molar-refractivity contribution >= 4 is 12.1 Å². The van der Waals surface area contributed by atoms with Gasteiger partial charge < -0.3 is 4.79 Å². The molecule has 0 bridgehead atoms. The first-order chi connectivity index (χ1) is 7.53. The minimum Gasteiger partial charge on any atom is -0.301 e. The number of carbonyl (C=O) groups excluding carboxylic acids is 2. The van der Waals surface area contributed by atoms with Gasteiger partial charge in [-0.05, 0) is 12.5 Å². The van der Waals surface area contributed by atoms with E-state index in [9.17, 15) is 18.6 Å². The Bertz CT molecular complexity index is 381. The van der Waals surface area contributed by atoms with Crippen LogP contribution in [0.15, 0.2) is 30.3 Å². The minimum atomic E-state index is -2.37. The van der Waals surface area contributed by atoms with Crippen molar-refractivity contribution in [2.24, 2.45) is 0 Å². The van der Waals surface area contributed by atoms with Crippen LogP contribution in [0.2, 0.25) is 0 Å². The Morgan fingerprint density at radius 3 is 2.31 bits per heavy atom. The molecule has 0 fully saturated rings. The van der Waals surface area contributed by atoms with Gasteiger partial charge in [0, 0.05) is 11.8 Å². The number of carbonyl (C=O) groups is 2. The molecule has 0 radical (unpaired) electrons. The summed E-state index contributed by atoms with van der Waals surface area (Å²) in [6.07, 6.45) is -0.345. The summed E-state index contributed by atoms with van der Waals surface area (Å²) < 4.78 is 25.3. The minimum absolute atomic E-state index is 0.0116. The quantitative estimate of drug-likeness (QED) is 0.437. The molecule has 3 nitrogen and oxygen atoms in total. The van der Waals surface area contributed by atoms with Crippen molar-refractivity contribution in [3.8, 4) is 0 Å². The normalized spacial score (nSPS) is 14.5. The van der Waals surface area contributed by atoms with E-state index >= 15 is 0 Å². The van der Waals surface area contributed by atoms with Crippen LogP contribution in [0.25, 0.3) is 0 Å². The zero-order valence-electron chi connectivity index (χ0n) is 8.69.